The molecular weight excluding hydrogens is 314 g/mol. The van der Waals surface area contributed by atoms with Gasteiger partial charge in [-0.05, 0) is 31.2 Å². The van der Waals surface area contributed by atoms with Crippen molar-refractivity contribution in [2.45, 2.75) is 30.6 Å². The average molecular weight is 327 g/mol. The van der Waals surface area contributed by atoms with Crippen LogP contribution in [0.1, 0.15) is 33.6 Å². The van der Waals surface area contributed by atoms with Crippen LogP contribution < -0.4 is 4.72 Å². The van der Waals surface area contributed by atoms with Crippen LogP contribution in [-0.2, 0) is 22.9 Å². The van der Waals surface area contributed by atoms with Gasteiger partial charge in [0.25, 0.3) is 10.0 Å². The summed E-state index contributed by atoms with van der Waals surface area (Å²) in [6.07, 6.45) is 5.83. The molecule has 0 bridgehead atoms. The molecule has 0 aliphatic heterocycles. The molecule has 3 N–H and O–H groups in total. The van der Waals surface area contributed by atoms with E-state index in [1.165, 1.54) is 23.7 Å². The molecular formula is C12H13N3O4S2. The first-order valence-corrected chi connectivity index (χ1v) is 8.68. The Kier molecular flexibility index (Phi) is 3.46. The van der Waals surface area contributed by atoms with E-state index in [1.807, 2.05) is 0 Å². The maximum Gasteiger partial charge on any atom is 0.339 e. The van der Waals surface area contributed by atoms with E-state index in [4.69, 9.17) is 0 Å². The van der Waals surface area contributed by atoms with E-state index in [0.29, 0.717) is 6.42 Å². The van der Waals surface area contributed by atoms with E-state index >= 15 is 0 Å². The van der Waals surface area contributed by atoms with Crippen LogP contribution in [0.5, 0.6) is 0 Å². The summed E-state index contributed by atoms with van der Waals surface area (Å²) in [5.74, 6) is -1.10. The Bertz CT molecular complexity index is 778. The summed E-state index contributed by atoms with van der Waals surface area (Å²) in [4.78, 5) is 12.4. The molecule has 0 saturated carbocycles. The summed E-state index contributed by atoms with van der Waals surface area (Å²) in [5.41, 5.74) is 0.852. The predicted molar refractivity (Wildman–Crippen MR) is 77.3 cm³/mol. The van der Waals surface area contributed by atoms with Crippen LogP contribution in [0.15, 0.2) is 17.3 Å². The number of fused-ring (bicyclic) bond motifs is 1. The zero-order chi connectivity index (χ0) is 15.0. The Hall–Kier alpha value is -1.87. The summed E-state index contributed by atoms with van der Waals surface area (Å²) in [7, 11) is -3.82. The molecule has 3 rings (SSSR count). The van der Waals surface area contributed by atoms with Crippen LogP contribution in [0.2, 0.25) is 0 Å². The first-order valence-electron chi connectivity index (χ1n) is 6.38. The van der Waals surface area contributed by atoms with Crippen molar-refractivity contribution in [2.75, 3.05) is 4.72 Å². The second-order valence-corrected chi connectivity index (χ2v) is 7.55. The van der Waals surface area contributed by atoms with Gasteiger partial charge in [0.15, 0.2) is 0 Å². The Morgan fingerprint density at radius 1 is 1.38 bits per heavy atom. The molecule has 1 aliphatic rings. The molecule has 2 aromatic rings. The second kappa shape index (κ2) is 5.15. The van der Waals surface area contributed by atoms with Crippen molar-refractivity contribution in [1.82, 2.24) is 10.2 Å². The van der Waals surface area contributed by atoms with Gasteiger partial charge in [0.05, 0.1) is 11.8 Å². The maximum atomic E-state index is 12.2. The molecule has 0 atom stereocenters. The number of hydrogen-bond acceptors (Lipinski definition) is 5. The van der Waals surface area contributed by atoms with Crippen molar-refractivity contribution in [3.63, 3.8) is 0 Å². The highest BCUT2D eigenvalue weighted by Gasteiger charge is 2.28. The van der Waals surface area contributed by atoms with Gasteiger partial charge in [-0.2, -0.15) is 5.10 Å². The molecule has 0 unspecified atom stereocenters. The number of carbonyl (C=O) groups is 1. The van der Waals surface area contributed by atoms with Crippen molar-refractivity contribution in [3.05, 3.63) is 28.4 Å². The third-order valence-electron chi connectivity index (χ3n) is 3.40. The molecule has 0 amide bonds. The van der Waals surface area contributed by atoms with Gasteiger partial charge < -0.3 is 5.11 Å². The first-order chi connectivity index (χ1) is 9.99. The molecule has 0 spiro atoms. The van der Waals surface area contributed by atoms with Crippen molar-refractivity contribution in [2.24, 2.45) is 0 Å². The fraction of sp³-hybridized carbons (Fsp3) is 0.333. The zero-order valence-electron chi connectivity index (χ0n) is 10.9. The summed E-state index contributed by atoms with van der Waals surface area (Å²) in [5, 5.41) is 15.6. The lowest BCUT2D eigenvalue weighted by atomic mass is 9.96. The van der Waals surface area contributed by atoms with Crippen LogP contribution in [0, 0.1) is 0 Å². The second-order valence-electron chi connectivity index (χ2n) is 4.76. The number of anilines is 1. The van der Waals surface area contributed by atoms with Gasteiger partial charge in [-0.1, -0.05) is 0 Å². The minimum atomic E-state index is -3.82. The Morgan fingerprint density at radius 2 is 2.14 bits per heavy atom. The average Bonchev–Trinajstić information content (AvgIpc) is 3.05. The highest BCUT2D eigenvalue weighted by Crippen LogP contribution is 2.39. The molecule has 7 nitrogen and oxygen atoms in total. The standard InChI is InChI=1S/C12H13N3O4S2/c16-12(17)10-8-3-1-2-4-9(8)20-11(10)15-21(18,19)7-5-13-14-6-7/h5-6,15H,1-4H2,(H,13,14)(H,16,17). The van der Waals surface area contributed by atoms with Crippen molar-refractivity contribution < 1.29 is 18.3 Å². The summed E-state index contributed by atoms with van der Waals surface area (Å²) < 4.78 is 26.8. The summed E-state index contributed by atoms with van der Waals surface area (Å²) >= 11 is 1.21. The summed E-state index contributed by atoms with van der Waals surface area (Å²) in [6, 6.07) is 0. The molecule has 112 valence electrons. The number of thiophene rings is 1. The fourth-order valence-corrected chi connectivity index (χ4v) is 4.92. The van der Waals surface area contributed by atoms with Crippen LogP contribution in [0.4, 0.5) is 5.00 Å². The predicted octanol–water partition coefficient (Wildman–Crippen LogP) is 1.85. The Morgan fingerprint density at radius 3 is 2.81 bits per heavy atom. The van der Waals surface area contributed by atoms with Crippen molar-refractivity contribution in [3.8, 4) is 0 Å². The monoisotopic (exact) mass is 327 g/mol. The quantitative estimate of drug-likeness (QED) is 0.793. The van der Waals surface area contributed by atoms with Crippen LogP contribution in [-0.4, -0.2) is 29.7 Å². The van der Waals surface area contributed by atoms with Gasteiger partial charge in [0.1, 0.15) is 9.90 Å². The van der Waals surface area contributed by atoms with E-state index in [1.54, 1.807) is 0 Å². The largest absolute Gasteiger partial charge is 0.478 e. The molecule has 0 fully saturated rings. The molecule has 0 aromatic carbocycles. The minimum absolute atomic E-state index is 0.0230. The first kappa shape index (κ1) is 14.1. The number of H-pyrrole nitrogens is 1. The van der Waals surface area contributed by atoms with Crippen molar-refractivity contribution >= 4 is 32.3 Å². The van der Waals surface area contributed by atoms with E-state index in [-0.39, 0.29) is 15.5 Å². The minimum Gasteiger partial charge on any atom is -0.478 e. The number of carboxylic acid groups (broad SMARTS) is 1. The third-order valence-corrected chi connectivity index (χ3v) is 6.05. The molecule has 0 radical (unpaired) electrons. The van der Waals surface area contributed by atoms with Crippen molar-refractivity contribution in [1.29, 1.82) is 0 Å². The zero-order valence-corrected chi connectivity index (χ0v) is 12.6. The number of nitrogens with zero attached hydrogens (tertiary/aromatic N) is 1. The van der Waals surface area contributed by atoms with Gasteiger partial charge in [-0.25, -0.2) is 13.2 Å². The normalized spacial score (nSPS) is 14.7. The molecule has 1 aliphatic carbocycles. The molecule has 2 heterocycles. The fourth-order valence-electron chi connectivity index (χ4n) is 2.43. The Balaban J connectivity index is 2.03. The van der Waals surface area contributed by atoms with Gasteiger partial charge in [-0.15, -0.1) is 11.3 Å². The maximum absolute atomic E-state index is 12.2. The molecule has 2 aromatic heterocycles. The topological polar surface area (TPSA) is 112 Å². The lowest BCUT2D eigenvalue weighted by Crippen LogP contribution is -2.14. The third kappa shape index (κ3) is 2.54. The number of aryl methyl sites for hydroxylation is 1. The molecule has 21 heavy (non-hydrogen) atoms. The molecule has 9 heteroatoms. The van der Waals surface area contributed by atoms with Gasteiger partial charge in [0, 0.05) is 11.1 Å². The van der Waals surface area contributed by atoms with E-state index in [0.717, 1.165) is 29.7 Å². The van der Waals surface area contributed by atoms with Gasteiger partial charge in [-0.3, -0.25) is 9.82 Å². The number of aromatic amines is 1. The number of rotatable bonds is 4. The van der Waals surface area contributed by atoms with E-state index in [2.05, 4.69) is 14.9 Å². The number of aromatic nitrogens is 2. The lowest BCUT2D eigenvalue weighted by molar-refractivity contribution is 0.0697. The smallest absolute Gasteiger partial charge is 0.339 e. The summed E-state index contributed by atoms with van der Waals surface area (Å²) in [6.45, 7) is 0. The SMILES string of the molecule is O=C(O)c1c(NS(=O)(=O)c2cn[nH]c2)sc2c1CCCC2. The Labute approximate surface area is 125 Å². The highest BCUT2D eigenvalue weighted by atomic mass is 32.2. The number of sulfonamides is 1. The van der Waals surface area contributed by atoms with Crippen LogP contribution in [0.3, 0.4) is 0 Å². The van der Waals surface area contributed by atoms with Crippen LogP contribution in [0.25, 0.3) is 0 Å². The number of nitrogens with one attached hydrogen (secondary N) is 2. The van der Waals surface area contributed by atoms with E-state index < -0.39 is 16.0 Å². The van der Waals surface area contributed by atoms with Gasteiger partial charge in [0.2, 0.25) is 0 Å². The number of aromatic carboxylic acids is 1. The van der Waals surface area contributed by atoms with Crippen LogP contribution >= 0.6 is 11.3 Å². The van der Waals surface area contributed by atoms with Gasteiger partial charge >= 0.3 is 5.97 Å². The molecule has 0 saturated heterocycles. The number of carboxylic acids is 1. The van der Waals surface area contributed by atoms with E-state index in [9.17, 15) is 18.3 Å². The highest BCUT2D eigenvalue weighted by molar-refractivity contribution is 7.93. The lowest BCUT2D eigenvalue weighted by Gasteiger charge is -2.10. The number of hydrogen-bond donors (Lipinski definition) is 3.